The van der Waals surface area contributed by atoms with Gasteiger partial charge in [-0.3, -0.25) is 0 Å². The summed E-state index contributed by atoms with van der Waals surface area (Å²) in [6.07, 6.45) is 3.17. The van der Waals surface area contributed by atoms with E-state index in [1.165, 1.54) is 0 Å². The maximum absolute atomic E-state index is 15.1. The van der Waals surface area contributed by atoms with E-state index in [1.807, 2.05) is 19.1 Å². The van der Waals surface area contributed by atoms with Gasteiger partial charge in [0.2, 0.25) is 0 Å². The van der Waals surface area contributed by atoms with Gasteiger partial charge in [-0.25, -0.2) is 8.60 Å². The summed E-state index contributed by atoms with van der Waals surface area (Å²) in [7, 11) is -1.46. The first kappa shape index (κ1) is 22.4. The highest BCUT2D eigenvalue weighted by atomic mass is 79.9. The molecule has 2 aromatic rings. The molecule has 1 aromatic heterocycles. The number of hydrogen-bond acceptors (Lipinski definition) is 2. The Kier molecular flexibility index (Phi) is 6.86. The maximum atomic E-state index is 15.1. The van der Waals surface area contributed by atoms with Crippen LogP contribution in [0.25, 0.3) is 22.9 Å². The summed E-state index contributed by atoms with van der Waals surface area (Å²) >= 11 is 9.93. The van der Waals surface area contributed by atoms with Gasteiger partial charge in [0.15, 0.2) is 5.42 Å². The maximum Gasteiger partial charge on any atom is 0.168 e. The summed E-state index contributed by atoms with van der Waals surface area (Å²) in [6.45, 7) is 8.23. The van der Waals surface area contributed by atoms with Crippen LogP contribution in [0.5, 0.6) is 0 Å². The Morgan fingerprint density at radius 3 is 2.72 bits per heavy atom. The minimum absolute atomic E-state index is 0.0489. The zero-order chi connectivity index (χ0) is 21.3. The van der Waals surface area contributed by atoms with Crippen LogP contribution in [-0.2, 0) is 11.0 Å². The molecule has 1 heterocycles. The van der Waals surface area contributed by atoms with Crippen LogP contribution in [0.15, 0.2) is 42.1 Å². The van der Waals surface area contributed by atoms with Crippen LogP contribution < -0.4 is 16.0 Å². The SMILES string of the molecule is CCC1=C(Cl)C=c2c(oc3ccc(Br)cc3c2=NS(=O)CCC(C)(C)C)=C(F)C1. The molecule has 3 nitrogen and oxygen atoms in total. The lowest BCUT2D eigenvalue weighted by atomic mass is 9.94. The molecule has 0 N–H and O–H groups in total. The number of benzene rings is 1. The number of allylic oxidation sites excluding steroid dienone is 2. The summed E-state index contributed by atoms with van der Waals surface area (Å²) in [4.78, 5) is 0. The molecule has 1 aromatic carbocycles. The van der Waals surface area contributed by atoms with Crippen LogP contribution in [0.4, 0.5) is 4.39 Å². The molecule has 29 heavy (non-hydrogen) atoms. The number of halogens is 3. The molecule has 0 fully saturated rings. The standard InChI is InChI=1S/C22H24BrClFNO2S/c1-5-13-10-18(25)21-16(12-17(13)24)20(26-29(27)9-8-22(2,3)4)15-11-14(23)6-7-19(15)28-21/h6-7,11-12H,5,8-10H2,1-4H3. The smallest absolute Gasteiger partial charge is 0.168 e. The fraction of sp³-hybridized carbons (Fsp3) is 0.409. The third kappa shape index (κ3) is 5.28. The van der Waals surface area contributed by atoms with Gasteiger partial charge in [-0.15, -0.1) is 0 Å². The van der Waals surface area contributed by atoms with E-state index in [1.54, 1.807) is 12.1 Å². The highest BCUT2D eigenvalue weighted by molar-refractivity contribution is 9.10. The largest absolute Gasteiger partial charge is 0.453 e. The summed E-state index contributed by atoms with van der Waals surface area (Å²) in [5.74, 6) is 0.0287. The summed E-state index contributed by atoms with van der Waals surface area (Å²) in [5, 5.41) is 2.02. The first-order chi connectivity index (χ1) is 13.6. The number of hydrogen-bond donors (Lipinski definition) is 0. The number of nitrogens with zero attached hydrogens (tertiary/aromatic N) is 1. The molecule has 156 valence electrons. The van der Waals surface area contributed by atoms with Crippen molar-refractivity contribution in [2.75, 3.05) is 5.75 Å². The molecule has 0 saturated heterocycles. The lowest BCUT2D eigenvalue weighted by Crippen LogP contribution is -2.40. The molecule has 0 aliphatic heterocycles. The molecular formula is C22H24BrClFNO2S. The summed E-state index contributed by atoms with van der Waals surface area (Å²) in [6, 6.07) is 5.41. The molecule has 0 spiro atoms. The molecule has 0 bridgehead atoms. The van der Waals surface area contributed by atoms with Gasteiger partial charge in [0.05, 0.1) is 5.36 Å². The molecule has 7 heteroatoms. The van der Waals surface area contributed by atoms with E-state index in [-0.39, 0.29) is 17.3 Å². The van der Waals surface area contributed by atoms with Crippen LogP contribution in [-0.4, -0.2) is 9.96 Å². The first-order valence-electron chi connectivity index (χ1n) is 9.52. The second-order valence-corrected chi connectivity index (χ2v) is 10.8. The quantitative estimate of drug-likeness (QED) is 0.567. The Hall–Kier alpha value is -1.24. The lowest BCUT2D eigenvalue weighted by molar-refractivity contribution is 0.400. The van der Waals surface area contributed by atoms with E-state index >= 15 is 4.39 Å². The van der Waals surface area contributed by atoms with E-state index < -0.39 is 16.8 Å². The van der Waals surface area contributed by atoms with Crippen LogP contribution in [0.2, 0.25) is 0 Å². The van der Waals surface area contributed by atoms with Crippen molar-refractivity contribution in [3.63, 3.8) is 0 Å². The second kappa shape index (κ2) is 8.86. The predicted molar refractivity (Wildman–Crippen MR) is 123 cm³/mol. The molecule has 0 saturated carbocycles. The molecule has 0 amide bonds. The normalized spacial score (nSPS) is 16.7. The average molecular weight is 501 g/mol. The Morgan fingerprint density at radius 2 is 2.07 bits per heavy atom. The van der Waals surface area contributed by atoms with Gasteiger partial charge in [-0.2, -0.15) is 4.40 Å². The Labute approximate surface area is 185 Å². The van der Waals surface area contributed by atoms with Crippen LogP contribution in [0, 0.1) is 5.41 Å². The molecule has 0 radical (unpaired) electrons. The molecule has 1 atom stereocenters. The second-order valence-electron chi connectivity index (χ2n) is 8.29. The Balaban J connectivity index is 2.37. The van der Waals surface area contributed by atoms with Crippen LogP contribution in [0.3, 0.4) is 0 Å². The van der Waals surface area contributed by atoms with E-state index in [4.69, 9.17) is 16.0 Å². The fourth-order valence-electron chi connectivity index (χ4n) is 3.04. The van der Waals surface area contributed by atoms with Crippen LogP contribution >= 0.6 is 27.5 Å². The van der Waals surface area contributed by atoms with E-state index in [0.717, 1.165) is 16.5 Å². The van der Waals surface area contributed by atoms with Gasteiger partial charge in [-0.05, 0) is 48.1 Å². The molecule has 1 aliphatic carbocycles. The van der Waals surface area contributed by atoms with Gasteiger partial charge in [0.25, 0.3) is 0 Å². The predicted octanol–water partition coefficient (Wildman–Crippen LogP) is 5.36. The zero-order valence-corrected chi connectivity index (χ0v) is 20.1. The lowest BCUT2D eigenvalue weighted by Gasteiger charge is -2.16. The highest BCUT2D eigenvalue weighted by Crippen LogP contribution is 2.24. The average Bonchev–Trinajstić information content (AvgIpc) is 2.76. The monoisotopic (exact) mass is 499 g/mol. The van der Waals surface area contributed by atoms with Crippen molar-refractivity contribution in [1.82, 2.24) is 0 Å². The molecule has 3 rings (SSSR count). The summed E-state index contributed by atoms with van der Waals surface area (Å²) in [5.41, 5.74) is 1.43. The van der Waals surface area contributed by atoms with Crippen molar-refractivity contribution in [2.45, 2.75) is 47.0 Å². The zero-order valence-electron chi connectivity index (χ0n) is 16.9. The van der Waals surface area contributed by atoms with Gasteiger partial charge in [0, 0.05) is 32.3 Å². The van der Waals surface area contributed by atoms with Crippen LogP contribution in [0.1, 0.15) is 47.0 Å². The van der Waals surface area contributed by atoms with Crippen molar-refractivity contribution in [3.05, 3.63) is 49.3 Å². The first-order valence-corrected chi connectivity index (χ1v) is 12.0. The van der Waals surface area contributed by atoms with Crippen molar-refractivity contribution in [1.29, 1.82) is 0 Å². The topological polar surface area (TPSA) is 42.6 Å². The van der Waals surface area contributed by atoms with Crippen molar-refractivity contribution >= 4 is 61.4 Å². The number of rotatable bonds is 4. The van der Waals surface area contributed by atoms with Gasteiger partial charge >= 0.3 is 0 Å². The summed E-state index contributed by atoms with van der Waals surface area (Å²) < 4.78 is 39.1. The van der Waals surface area contributed by atoms with E-state index in [0.29, 0.717) is 38.8 Å². The minimum Gasteiger partial charge on any atom is -0.453 e. The molecule has 1 unspecified atom stereocenters. The van der Waals surface area contributed by atoms with Gasteiger partial charge < -0.3 is 4.42 Å². The number of fused-ring (bicyclic) bond motifs is 2. The minimum atomic E-state index is -1.46. The fourth-order valence-corrected chi connectivity index (χ4v) is 4.99. The molecular weight excluding hydrogens is 477 g/mol. The van der Waals surface area contributed by atoms with E-state index in [2.05, 4.69) is 41.1 Å². The van der Waals surface area contributed by atoms with Crippen molar-refractivity contribution in [3.8, 4) is 0 Å². The third-order valence-electron chi connectivity index (χ3n) is 4.78. The van der Waals surface area contributed by atoms with Gasteiger partial charge in [-0.1, -0.05) is 55.2 Å². The van der Waals surface area contributed by atoms with Crippen molar-refractivity contribution in [2.24, 2.45) is 9.81 Å². The highest BCUT2D eigenvalue weighted by Gasteiger charge is 2.16. The third-order valence-corrected chi connectivity index (χ3v) is 6.59. The molecule has 1 aliphatic rings. The van der Waals surface area contributed by atoms with Crippen molar-refractivity contribution < 1.29 is 13.0 Å². The Bertz CT molecular complexity index is 1210. The van der Waals surface area contributed by atoms with E-state index in [9.17, 15) is 4.21 Å². The van der Waals surface area contributed by atoms with Gasteiger partial charge in [0.1, 0.15) is 22.4 Å². The Morgan fingerprint density at radius 1 is 1.34 bits per heavy atom.